The number of nitrogens with two attached hydrogens (primary N) is 1. The number of amides is 1. The van der Waals surface area contributed by atoms with E-state index >= 15 is 0 Å². The van der Waals surface area contributed by atoms with Gasteiger partial charge in [-0.05, 0) is 50.5 Å². The lowest BCUT2D eigenvalue weighted by molar-refractivity contribution is 0.0752. The van der Waals surface area contributed by atoms with Gasteiger partial charge >= 0.3 is 0 Å². The van der Waals surface area contributed by atoms with Crippen molar-refractivity contribution >= 4 is 11.6 Å². The van der Waals surface area contributed by atoms with E-state index in [9.17, 15) is 4.79 Å². The number of nitrogen functional groups attached to an aromatic ring is 1. The Morgan fingerprint density at radius 3 is 2.69 bits per heavy atom. The second kappa shape index (κ2) is 4.16. The maximum atomic E-state index is 12.3. The molecular weight excluding hydrogens is 200 g/mol. The molecule has 0 aromatic heterocycles. The minimum absolute atomic E-state index is 0.141. The lowest BCUT2D eigenvalue weighted by Crippen LogP contribution is -2.33. The highest BCUT2D eigenvalue weighted by atomic mass is 16.2. The molecule has 0 heterocycles. The fraction of sp³-hybridized carbons (Fsp3) is 0.462. The molecule has 0 atom stereocenters. The molecule has 0 spiro atoms. The predicted molar refractivity (Wildman–Crippen MR) is 65.3 cm³/mol. The monoisotopic (exact) mass is 218 g/mol. The molecule has 86 valence electrons. The molecule has 1 aromatic carbocycles. The van der Waals surface area contributed by atoms with Crippen LogP contribution in [0.4, 0.5) is 5.69 Å². The maximum Gasteiger partial charge on any atom is 0.254 e. The van der Waals surface area contributed by atoms with Crippen LogP contribution in [0.15, 0.2) is 18.2 Å². The minimum Gasteiger partial charge on any atom is -0.399 e. The highest BCUT2D eigenvalue weighted by molar-refractivity contribution is 5.96. The Hall–Kier alpha value is -1.51. The molecule has 1 saturated carbocycles. The van der Waals surface area contributed by atoms with Gasteiger partial charge in [0.2, 0.25) is 0 Å². The first-order valence-corrected chi connectivity index (χ1v) is 5.80. The van der Waals surface area contributed by atoms with Gasteiger partial charge in [-0.2, -0.15) is 0 Å². The van der Waals surface area contributed by atoms with E-state index < -0.39 is 0 Å². The maximum absolute atomic E-state index is 12.3. The van der Waals surface area contributed by atoms with Crippen molar-refractivity contribution in [1.29, 1.82) is 0 Å². The van der Waals surface area contributed by atoms with Crippen molar-refractivity contribution in [3.05, 3.63) is 29.3 Å². The van der Waals surface area contributed by atoms with Crippen LogP contribution in [0.1, 0.15) is 35.7 Å². The zero-order valence-corrected chi connectivity index (χ0v) is 9.86. The predicted octanol–water partition coefficient (Wildman–Crippen LogP) is 2.20. The molecule has 0 aliphatic heterocycles. The number of hydrogen-bond acceptors (Lipinski definition) is 2. The van der Waals surface area contributed by atoms with E-state index in [1.807, 2.05) is 30.9 Å². The van der Waals surface area contributed by atoms with Crippen molar-refractivity contribution in [3.63, 3.8) is 0 Å². The zero-order valence-electron chi connectivity index (χ0n) is 9.86. The van der Waals surface area contributed by atoms with Crippen LogP contribution in [-0.2, 0) is 0 Å². The van der Waals surface area contributed by atoms with Gasteiger partial charge in [-0.1, -0.05) is 0 Å². The fourth-order valence-corrected chi connectivity index (χ4v) is 2.04. The second-order valence-electron chi connectivity index (χ2n) is 4.40. The Kier molecular flexibility index (Phi) is 2.86. The van der Waals surface area contributed by atoms with Crippen molar-refractivity contribution < 1.29 is 4.79 Å². The van der Waals surface area contributed by atoms with Gasteiger partial charge in [0, 0.05) is 23.8 Å². The number of hydrogen-bond donors (Lipinski definition) is 1. The number of nitrogens with zero attached hydrogens (tertiary/aromatic N) is 1. The third kappa shape index (κ3) is 2.03. The standard InChI is InChI=1S/C13H18N2O/c1-3-15(11-5-6-11)13(16)12-7-4-10(14)8-9(12)2/h4,7-8,11H,3,5-6,14H2,1-2H3. The minimum atomic E-state index is 0.141. The zero-order chi connectivity index (χ0) is 11.7. The number of benzene rings is 1. The van der Waals surface area contributed by atoms with Crippen molar-refractivity contribution in [2.45, 2.75) is 32.7 Å². The van der Waals surface area contributed by atoms with E-state index in [4.69, 9.17) is 5.73 Å². The Bertz CT molecular complexity index is 410. The van der Waals surface area contributed by atoms with Gasteiger partial charge in [-0.25, -0.2) is 0 Å². The molecule has 1 amide bonds. The molecule has 0 saturated heterocycles. The first kappa shape index (κ1) is 11.0. The van der Waals surface area contributed by atoms with Gasteiger partial charge in [0.25, 0.3) is 5.91 Å². The second-order valence-corrected chi connectivity index (χ2v) is 4.40. The van der Waals surface area contributed by atoms with E-state index in [1.165, 1.54) is 0 Å². The Labute approximate surface area is 96.2 Å². The fourth-order valence-electron chi connectivity index (χ4n) is 2.04. The normalized spacial score (nSPS) is 14.9. The van der Waals surface area contributed by atoms with Crippen LogP contribution >= 0.6 is 0 Å². The molecule has 2 N–H and O–H groups in total. The Balaban J connectivity index is 2.25. The quantitative estimate of drug-likeness (QED) is 0.790. The summed E-state index contributed by atoms with van der Waals surface area (Å²) in [6.07, 6.45) is 2.29. The average molecular weight is 218 g/mol. The van der Waals surface area contributed by atoms with E-state index in [1.54, 1.807) is 6.07 Å². The van der Waals surface area contributed by atoms with Crippen molar-refractivity contribution in [2.24, 2.45) is 0 Å². The number of aryl methyl sites for hydroxylation is 1. The molecule has 3 nitrogen and oxygen atoms in total. The van der Waals surface area contributed by atoms with Gasteiger partial charge in [0.15, 0.2) is 0 Å². The lowest BCUT2D eigenvalue weighted by Gasteiger charge is -2.21. The summed E-state index contributed by atoms with van der Waals surface area (Å²) in [4.78, 5) is 14.2. The van der Waals surface area contributed by atoms with Crippen LogP contribution in [0.25, 0.3) is 0 Å². The first-order valence-electron chi connectivity index (χ1n) is 5.80. The van der Waals surface area contributed by atoms with Crippen LogP contribution in [0.2, 0.25) is 0 Å². The van der Waals surface area contributed by atoms with E-state index in [0.29, 0.717) is 11.7 Å². The van der Waals surface area contributed by atoms with Gasteiger partial charge in [0.05, 0.1) is 0 Å². The van der Waals surface area contributed by atoms with Crippen LogP contribution < -0.4 is 5.73 Å². The molecule has 1 aromatic rings. The van der Waals surface area contributed by atoms with E-state index in [-0.39, 0.29) is 5.91 Å². The molecule has 0 unspecified atom stereocenters. The number of carbonyl (C=O) groups excluding carboxylic acids is 1. The summed E-state index contributed by atoms with van der Waals surface area (Å²) in [5, 5.41) is 0. The van der Waals surface area contributed by atoms with Crippen molar-refractivity contribution in [1.82, 2.24) is 4.90 Å². The third-order valence-corrected chi connectivity index (χ3v) is 3.07. The van der Waals surface area contributed by atoms with Crippen LogP contribution in [0, 0.1) is 6.92 Å². The van der Waals surface area contributed by atoms with Gasteiger partial charge in [-0.3, -0.25) is 4.79 Å². The summed E-state index contributed by atoms with van der Waals surface area (Å²) in [5.41, 5.74) is 8.14. The van der Waals surface area contributed by atoms with E-state index in [2.05, 4.69) is 0 Å². The molecule has 1 aliphatic rings. The van der Waals surface area contributed by atoms with E-state index in [0.717, 1.165) is 30.5 Å². The van der Waals surface area contributed by atoms with Crippen LogP contribution in [0.3, 0.4) is 0 Å². The molecule has 0 radical (unpaired) electrons. The Morgan fingerprint density at radius 2 is 2.19 bits per heavy atom. The molecule has 16 heavy (non-hydrogen) atoms. The number of rotatable bonds is 3. The van der Waals surface area contributed by atoms with Crippen molar-refractivity contribution in [2.75, 3.05) is 12.3 Å². The lowest BCUT2D eigenvalue weighted by atomic mass is 10.1. The number of carbonyl (C=O) groups is 1. The topological polar surface area (TPSA) is 46.3 Å². The smallest absolute Gasteiger partial charge is 0.254 e. The van der Waals surface area contributed by atoms with Gasteiger partial charge < -0.3 is 10.6 Å². The summed E-state index contributed by atoms with van der Waals surface area (Å²) in [6, 6.07) is 5.95. The van der Waals surface area contributed by atoms with Gasteiger partial charge in [0.1, 0.15) is 0 Å². The molecule has 1 aliphatic carbocycles. The molecule has 1 fully saturated rings. The summed E-state index contributed by atoms with van der Waals surface area (Å²) in [6.45, 7) is 4.75. The molecule has 0 bridgehead atoms. The molecular formula is C13H18N2O. The Morgan fingerprint density at radius 1 is 1.50 bits per heavy atom. The summed E-state index contributed by atoms with van der Waals surface area (Å²) < 4.78 is 0. The highest BCUT2D eigenvalue weighted by Gasteiger charge is 2.32. The van der Waals surface area contributed by atoms with Crippen molar-refractivity contribution in [3.8, 4) is 0 Å². The summed E-state index contributed by atoms with van der Waals surface area (Å²) >= 11 is 0. The van der Waals surface area contributed by atoms with Crippen LogP contribution in [0.5, 0.6) is 0 Å². The van der Waals surface area contributed by atoms with Crippen LogP contribution in [-0.4, -0.2) is 23.4 Å². The third-order valence-electron chi connectivity index (χ3n) is 3.07. The first-order chi connectivity index (χ1) is 7.63. The average Bonchev–Trinajstić information content (AvgIpc) is 3.02. The summed E-state index contributed by atoms with van der Waals surface area (Å²) in [7, 11) is 0. The SMILES string of the molecule is CCN(C(=O)c1ccc(N)cc1C)C1CC1. The molecule has 3 heteroatoms. The highest BCUT2D eigenvalue weighted by Crippen LogP contribution is 2.28. The molecule has 2 rings (SSSR count). The number of anilines is 1. The van der Waals surface area contributed by atoms with Gasteiger partial charge in [-0.15, -0.1) is 0 Å². The largest absolute Gasteiger partial charge is 0.399 e. The summed E-state index contributed by atoms with van der Waals surface area (Å²) in [5.74, 6) is 0.141.